The molecule has 1 amide bonds. The molecule has 154 valence electrons. The summed E-state index contributed by atoms with van der Waals surface area (Å²) < 4.78 is 5.34. The van der Waals surface area contributed by atoms with Gasteiger partial charge in [0.15, 0.2) is 0 Å². The van der Waals surface area contributed by atoms with Gasteiger partial charge in [-0.1, -0.05) is 24.3 Å². The molecule has 0 saturated carbocycles. The average Bonchev–Trinajstić information content (AvgIpc) is 2.80. The Morgan fingerprint density at radius 2 is 1.93 bits per heavy atom. The molecule has 2 aliphatic heterocycles. The van der Waals surface area contributed by atoms with Crippen LogP contribution in [0.3, 0.4) is 0 Å². The SMILES string of the molecule is O=C(CN1CCC[C@H](c2cncc(-c3ccc(CO)cc3)n2)C1)N1CCOCC1. The number of benzene rings is 1. The zero-order valence-corrected chi connectivity index (χ0v) is 16.7. The van der Waals surface area contributed by atoms with E-state index in [0.29, 0.717) is 32.8 Å². The Hall–Kier alpha value is -2.35. The van der Waals surface area contributed by atoms with Crippen molar-refractivity contribution < 1.29 is 14.6 Å². The Kier molecular flexibility index (Phi) is 6.49. The number of carbonyl (C=O) groups excluding carboxylic acids is 1. The molecule has 0 aliphatic carbocycles. The zero-order valence-electron chi connectivity index (χ0n) is 16.7. The second-order valence-corrected chi connectivity index (χ2v) is 7.75. The monoisotopic (exact) mass is 396 g/mol. The molecule has 3 heterocycles. The van der Waals surface area contributed by atoms with Crippen LogP contribution in [-0.2, 0) is 16.1 Å². The minimum Gasteiger partial charge on any atom is -0.392 e. The van der Waals surface area contributed by atoms with Crippen molar-refractivity contribution in [2.45, 2.75) is 25.4 Å². The van der Waals surface area contributed by atoms with E-state index < -0.39 is 0 Å². The van der Waals surface area contributed by atoms with E-state index in [-0.39, 0.29) is 18.4 Å². The maximum absolute atomic E-state index is 12.6. The van der Waals surface area contributed by atoms with E-state index in [2.05, 4.69) is 9.88 Å². The van der Waals surface area contributed by atoms with Crippen LogP contribution >= 0.6 is 0 Å². The number of rotatable bonds is 5. The van der Waals surface area contributed by atoms with E-state index in [1.165, 1.54) is 0 Å². The highest BCUT2D eigenvalue weighted by molar-refractivity contribution is 5.78. The van der Waals surface area contributed by atoms with Crippen molar-refractivity contribution in [3.05, 3.63) is 47.9 Å². The van der Waals surface area contributed by atoms with Crippen LogP contribution in [0.15, 0.2) is 36.7 Å². The number of hydrogen-bond donors (Lipinski definition) is 1. The van der Waals surface area contributed by atoms with Crippen LogP contribution in [-0.4, -0.2) is 76.7 Å². The molecule has 0 spiro atoms. The molecule has 1 aromatic heterocycles. The van der Waals surface area contributed by atoms with Crippen molar-refractivity contribution in [1.29, 1.82) is 0 Å². The lowest BCUT2D eigenvalue weighted by atomic mass is 9.94. The van der Waals surface area contributed by atoms with Gasteiger partial charge in [-0.15, -0.1) is 0 Å². The first-order valence-corrected chi connectivity index (χ1v) is 10.3. The first-order valence-electron chi connectivity index (χ1n) is 10.3. The van der Waals surface area contributed by atoms with Gasteiger partial charge < -0.3 is 14.7 Å². The fourth-order valence-electron chi connectivity index (χ4n) is 4.04. The van der Waals surface area contributed by atoms with Gasteiger partial charge in [0.25, 0.3) is 0 Å². The third kappa shape index (κ3) is 4.98. The number of likely N-dealkylation sites (tertiary alicyclic amines) is 1. The number of morpholine rings is 1. The Balaban J connectivity index is 1.41. The van der Waals surface area contributed by atoms with Crippen molar-refractivity contribution >= 4 is 5.91 Å². The molecular weight excluding hydrogens is 368 g/mol. The van der Waals surface area contributed by atoms with Crippen molar-refractivity contribution in [3.8, 4) is 11.3 Å². The van der Waals surface area contributed by atoms with Gasteiger partial charge in [0.2, 0.25) is 5.91 Å². The molecule has 0 unspecified atom stereocenters. The van der Waals surface area contributed by atoms with E-state index in [9.17, 15) is 9.90 Å². The zero-order chi connectivity index (χ0) is 20.1. The Morgan fingerprint density at radius 1 is 1.14 bits per heavy atom. The molecule has 0 radical (unpaired) electrons. The molecule has 7 heteroatoms. The number of carbonyl (C=O) groups is 1. The summed E-state index contributed by atoms with van der Waals surface area (Å²) in [6.45, 7) is 4.93. The first-order chi connectivity index (χ1) is 14.2. The molecule has 4 rings (SSSR count). The molecule has 7 nitrogen and oxygen atoms in total. The predicted octanol–water partition coefficient (Wildman–Crippen LogP) is 1.67. The van der Waals surface area contributed by atoms with Crippen LogP contribution in [0.5, 0.6) is 0 Å². The minimum absolute atomic E-state index is 0.0348. The van der Waals surface area contributed by atoms with E-state index >= 15 is 0 Å². The summed E-state index contributed by atoms with van der Waals surface area (Å²) >= 11 is 0. The highest BCUT2D eigenvalue weighted by atomic mass is 16.5. The molecule has 1 N–H and O–H groups in total. The quantitative estimate of drug-likeness (QED) is 0.828. The van der Waals surface area contributed by atoms with Crippen LogP contribution in [0, 0.1) is 0 Å². The van der Waals surface area contributed by atoms with Gasteiger partial charge in [0.1, 0.15) is 0 Å². The second kappa shape index (κ2) is 9.43. The summed E-state index contributed by atoms with van der Waals surface area (Å²) in [6, 6.07) is 7.74. The van der Waals surface area contributed by atoms with Gasteiger partial charge in [0, 0.05) is 37.3 Å². The van der Waals surface area contributed by atoms with Gasteiger partial charge in [0.05, 0.1) is 44.0 Å². The average molecular weight is 396 g/mol. The highest BCUT2D eigenvalue weighted by Crippen LogP contribution is 2.27. The smallest absolute Gasteiger partial charge is 0.236 e. The maximum atomic E-state index is 12.6. The molecule has 29 heavy (non-hydrogen) atoms. The number of nitrogens with zero attached hydrogens (tertiary/aromatic N) is 4. The van der Waals surface area contributed by atoms with E-state index in [1.54, 1.807) is 6.20 Å². The lowest BCUT2D eigenvalue weighted by molar-refractivity contribution is -0.136. The van der Waals surface area contributed by atoms with Gasteiger partial charge in [-0.3, -0.25) is 14.7 Å². The number of aliphatic hydroxyl groups is 1. The normalized spacial score (nSPS) is 20.6. The van der Waals surface area contributed by atoms with Crippen LogP contribution in [0.25, 0.3) is 11.3 Å². The van der Waals surface area contributed by atoms with E-state index in [4.69, 9.17) is 9.72 Å². The Morgan fingerprint density at radius 3 is 2.69 bits per heavy atom. The topological polar surface area (TPSA) is 78.8 Å². The van der Waals surface area contributed by atoms with Crippen molar-refractivity contribution in [2.24, 2.45) is 0 Å². The number of hydrogen-bond acceptors (Lipinski definition) is 6. The minimum atomic E-state index is 0.0348. The third-order valence-corrected chi connectivity index (χ3v) is 5.73. The van der Waals surface area contributed by atoms with E-state index in [0.717, 1.165) is 48.4 Å². The molecule has 0 bridgehead atoms. The van der Waals surface area contributed by atoms with Gasteiger partial charge >= 0.3 is 0 Å². The Bertz CT molecular complexity index is 821. The van der Waals surface area contributed by atoms with Gasteiger partial charge in [-0.05, 0) is 24.9 Å². The molecule has 1 aromatic carbocycles. The second-order valence-electron chi connectivity index (χ2n) is 7.75. The number of amides is 1. The lowest BCUT2D eigenvalue weighted by Gasteiger charge is -2.34. The summed E-state index contributed by atoms with van der Waals surface area (Å²) in [6.07, 6.45) is 5.74. The number of aromatic nitrogens is 2. The number of ether oxygens (including phenoxy) is 1. The van der Waals surface area contributed by atoms with Crippen molar-refractivity contribution in [2.75, 3.05) is 45.9 Å². The summed E-state index contributed by atoms with van der Waals surface area (Å²) in [5.74, 6) is 0.475. The van der Waals surface area contributed by atoms with Crippen LogP contribution in [0.2, 0.25) is 0 Å². The van der Waals surface area contributed by atoms with Crippen LogP contribution < -0.4 is 0 Å². The predicted molar refractivity (Wildman–Crippen MR) is 109 cm³/mol. The molecule has 2 fully saturated rings. The Labute approximate surface area is 171 Å². The fraction of sp³-hybridized carbons (Fsp3) is 0.500. The third-order valence-electron chi connectivity index (χ3n) is 5.73. The first kappa shape index (κ1) is 19.9. The van der Waals surface area contributed by atoms with Crippen LogP contribution in [0.4, 0.5) is 0 Å². The van der Waals surface area contributed by atoms with Crippen molar-refractivity contribution in [3.63, 3.8) is 0 Å². The van der Waals surface area contributed by atoms with Crippen molar-refractivity contribution in [1.82, 2.24) is 19.8 Å². The standard InChI is InChI=1S/C22H28N4O3/c27-16-17-3-5-18(6-4-17)20-12-23-13-21(24-20)19-2-1-7-25(14-19)15-22(28)26-8-10-29-11-9-26/h3-6,12-13,19,27H,1-2,7-11,14-16H2/t19-/m0/s1. The number of piperidine rings is 1. The van der Waals surface area contributed by atoms with Gasteiger partial charge in [-0.25, -0.2) is 4.98 Å². The van der Waals surface area contributed by atoms with Gasteiger partial charge in [-0.2, -0.15) is 0 Å². The van der Waals surface area contributed by atoms with E-state index in [1.807, 2.05) is 35.4 Å². The molecular formula is C22H28N4O3. The summed E-state index contributed by atoms with van der Waals surface area (Å²) in [7, 11) is 0. The molecule has 1 atom stereocenters. The fourth-order valence-corrected chi connectivity index (χ4v) is 4.04. The molecule has 2 aromatic rings. The highest BCUT2D eigenvalue weighted by Gasteiger charge is 2.26. The van der Waals surface area contributed by atoms with Crippen LogP contribution in [0.1, 0.15) is 30.0 Å². The molecule has 2 saturated heterocycles. The summed E-state index contributed by atoms with van der Waals surface area (Å²) in [4.78, 5) is 26.0. The summed E-state index contributed by atoms with van der Waals surface area (Å²) in [5, 5.41) is 9.22. The maximum Gasteiger partial charge on any atom is 0.236 e. The lowest BCUT2D eigenvalue weighted by Crippen LogP contribution is -2.47. The largest absolute Gasteiger partial charge is 0.392 e. The summed E-state index contributed by atoms with van der Waals surface area (Å²) in [5.41, 5.74) is 3.70. The number of aliphatic hydroxyl groups excluding tert-OH is 1. The molecule has 2 aliphatic rings.